The third kappa shape index (κ3) is 3.46. The summed E-state index contributed by atoms with van der Waals surface area (Å²) in [7, 11) is 0. The summed E-state index contributed by atoms with van der Waals surface area (Å²) in [4.78, 5) is 25.7. The van der Waals surface area contributed by atoms with Crippen LogP contribution in [0.3, 0.4) is 0 Å². The summed E-state index contributed by atoms with van der Waals surface area (Å²) < 4.78 is 17.1. The van der Waals surface area contributed by atoms with Gasteiger partial charge in [0.2, 0.25) is 0 Å². The molecule has 7 nitrogen and oxygen atoms in total. The highest BCUT2D eigenvalue weighted by Crippen LogP contribution is 2.40. The van der Waals surface area contributed by atoms with Crippen LogP contribution in [0.4, 0.5) is 14.9 Å². The Kier molecular flexibility index (Phi) is 4.98. The molecule has 8 heteroatoms. The smallest absolute Gasteiger partial charge is 0.404 e. The topological polar surface area (TPSA) is 101 Å². The first-order valence-corrected chi connectivity index (χ1v) is 10.1. The lowest BCUT2D eigenvalue weighted by Crippen LogP contribution is -2.38. The van der Waals surface area contributed by atoms with Gasteiger partial charge < -0.3 is 25.6 Å². The molecular weight excluding hydrogens is 375 g/mol. The van der Waals surface area contributed by atoms with Gasteiger partial charge in [-0.25, -0.2) is 9.18 Å². The van der Waals surface area contributed by atoms with E-state index in [1.165, 1.54) is 12.1 Å². The van der Waals surface area contributed by atoms with E-state index in [4.69, 9.17) is 10.8 Å². The van der Waals surface area contributed by atoms with Gasteiger partial charge in [0.25, 0.3) is 5.56 Å². The Morgan fingerprint density at radius 3 is 2.72 bits per heavy atom. The molecule has 2 fully saturated rings. The van der Waals surface area contributed by atoms with Crippen molar-refractivity contribution in [3.63, 3.8) is 0 Å². The van der Waals surface area contributed by atoms with Crippen molar-refractivity contribution < 1.29 is 14.3 Å². The summed E-state index contributed by atoms with van der Waals surface area (Å²) in [6, 6.07) is 2.99. The average molecular weight is 402 g/mol. The number of benzene rings is 1. The van der Waals surface area contributed by atoms with Gasteiger partial charge in [0, 0.05) is 43.2 Å². The van der Waals surface area contributed by atoms with Crippen LogP contribution in [0, 0.1) is 18.7 Å². The second kappa shape index (κ2) is 7.33. The summed E-state index contributed by atoms with van der Waals surface area (Å²) in [5.41, 5.74) is 8.45. The number of aromatic nitrogens is 1. The molecule has 2 heterocycles. The first-order valence-electron chi connectivity index (χ1n) is 10.1. The van der Waals surface area contributed by atoms with Crippen LogP contribution < -0.4 is 21.5 Å². The number of nitrogens with zero attached hydrogens (tertiary/aromatic N) is 2. The highest BCUT2D eigenvalue weighted by molar-refractivity contribution is 5.90. The molecule has 156 valence electrons. The van der Waals surface area contributed by atoms with Gasteiger partial charge in [0.1, 0.15) is 5.82 Å². The van der Waals surface area contributed by atoms with Gasteiger partial charge in [-0.15, -0.1) is 0 Å². The molecule has 0 unspecified atom stereocenters. The third-order valence-corrected chi connectivity index (χ3v) is 6.32. The van der Waals surface area contributed by atoms with Crippen molar-refractivity contribution in [1.82, 2.24) is 9.88 Å². The quantitative estimate of drug-likeness (QED) is 0.714. The Labute approximate surface area is 168 Å². The Morgan fingerprint density at radius 2 is 2.10 bits per heavy atom. The van der Waals surface area contributed by atoms with Crippen molar-refractivity contribution in [3.05, 3.63) is 39.4 Å². The van der Waals surface area contributed by atoms with Gasteiger partial charge in [0.05, 0.1) is 11.2 Å². The molecule has 4 rings (SSSR count). The van der Waals surface area contributed by atoms with Crippen LogP contribution in [-0.4, -0.2) is 34.9 Å². The summed E-state index contributed by atoms with van der Waals surface area (Å²) in [6.07, 6.45) is 1.63. The predicted octanol–water partition coefficient (Wildman–Crippen LogP) is 2.73. The molecule has 1 aromatic carbocycles. The fourth-order valence-corrected chi connectivity index (χ4v) is 4.68. The molecular formula is C21H27FN4O3. The Morgan fingerprint density at radius 1 is 1.38 bits per heavy atom. The maximum atomic E-state index is 15.3. The normalized spacial score (nSPS) is 20.3. The lowest BCUT2D eigenvalue weighted by Gasteiger charge is -2.26. The van der Waals surface area contributed by atoms with E-state index >= 15 is 4.39 Å². The number of fused-ring (bicyclic) bond motifs is 1. The molecule has 2 atom stereocenters. The number of nitrogens with one attached hydrogen (secondary N) is 1. The number of anilines is 1. The van der Waals surface area contributed by atoms with Crippen LogP contribution in [0.2, 0.25) is 0 Å². The average Bonchev–Trinajstić information content (AvgIpc) is 3.37. The van der Waals surface area contributed by atoms with Crippen molar-refractivity contribution in [3.8, 4) is 0 Å². The number of nitrogens with two attached hydrogens (primary N) is 1. The predicted molar refractivity (Wildman–Crippen MR) is 110 cm³/mol. The summed E-state index contributed by atoms with van der Waals surface area (Å²) in [5.74, 6) is -0.230. The number of pyridine rings is 1. The Bertz CT molecular complexity index is 1030. The van der Waals surface area contributed by atoms with E-state index in [1.807, 2.05) is 18.7 Å². The molecule has 1 aliphatic carbocycles. The van der Waals surface area contributed by atoms with Crippen molar-refractivity contribution in [2.75, 3.05) is 18.0 Å². The van der Waals surface area contributed by atoms with Gasteiger partial charge >= 0.3 is 6.09 Å². The molecule has 0 radical (unpaired) electrons. The summed E-state index contributed by atoms with van der Waals surface area (Å²) in [6.45, 7) is 5.09. The second-order valence-corrected chi connectivity index (χ2v) is 8.27. The zero-order valence-electron chi connectivity index (χ0n) is 16.7. The van der Waals surface area contributed by atoms with E-state index in [0.717, 1.165) is 30.3 Å². The first kappa shape index (κ1) is 19.7. The lowest BCUT2D eigenvalue weighted by atomic mass is 10.0. The molecule has 1 aromatic heterocycles. The monoisotopic (exact) mass is 402 g/mol. The molecule has 0 spiro atoms. The van der Waals surface area contributed by atoms with E-state index in [1.54, 1.807) is 4.57 Å². The highest BCUT2D eigenvalue weighted by atomic mass is 19.1. The minimum absolute atomic E-state index is 0.0836. The van der Waals surface area contributed by atoms with Crippen LogP contribution >= 0.6 is 0 Å². The van der Waals surface area contributed by atoms with E-state index < -0.39 is 6.09 Å². The van der Waals surface area contributed by atoms with E-state index in [2.05, 4.69) is 5.32 Å². The molecule has 2 aromatic rings. The number of carboxylic acid groups (broad SMARTS) is 1. The zero-order chi connectivity index (χ0) is 20.9. The molecule has 1 saturated heterocycles. The summed E-state index contributed by atoms with van der Waals surface area (Å²) >= 11 is 0. The van der Waals surface area contributed by atoms with Gasteiger partial charge in [-0.05, 0) is 56.2 Å². The maximum Gasteiger partial charge on any atom is 0.404 e. The van der Waals surface area contributed by atoms with Crippen LogP contribution in [0.15, 0.2) is 16.9 Å². The molecule has 29 heavy (non-hydrogen) atoms. The molecule has 1 saturated carbocycles. The number of amides is 1. The number of aryl methyl sites for hydroxylation is 1. The van der Waals surface area contributed by atoms with Gasteiger partial charge in [-0.1, -0.05) is 0 Å². The van der Waals surface area contributed by atoms with Crippen molar-refractivity contribution >= 4 is 22.7 Å². The van der Waals surface area contributed by atoms with Crippen LogP contribution in [-0.2, 0) is 6.54 Å². The molecule has 0 bridgehead atoms. The molecule has 4 N–H and O–H groups in total. The minimum atomic E-state index is -1.05. The fourth-order valence-electron chi connectivity index (χ4n) is 4.68. The van der Waals surface area contributed by atoms with E-state index in [9.17, 15) is 9.59 Å². The number of carbonyl (C=O) groups is 1. The SMILES string of the molecule is Cc1c(N2CC[C@@H]([C@H](C)NC(=O)O)C2)c(F)cc2c(CN)cc(=O)n(C3CC3)c12. The highest BCUT2D eigenvalue weighted by Gasteiger charge is 2.33. The molecule has 1 aliphatic heterocycles. The lowest BCUT2D eigenvalue weighted by molar-refractivity contribution is 0.186. The number of hydrogen-bond acceptors (Lipinski definition) is 4. The van der Waals surface area contributed by atoms with Gasteiger partial charge in [-0.2, -0.15) is 0 Å². The van der Waals surface area contributed by atoms with Crippen LogP contribution in [0.5, 0.6) is 0 Å². The fraction of sp³-hybridized carbons (Fsp3) is 0.524. The Hall–Kier alpha value is -2.61. The van der Waals surface area contributed by atoms with Crippen molar-refractivity contribution in [1.29, 1.82) is 0 Å². The third-order valence-electron chi connectivity index (χ3n) is 6.32. The molecule has 2 aliphatic rings. The molecule has 1 amide bonds. The standard InChI is InChI=1S/C21H27FN4O3/c1-11-19-16(14(9-23)7-18(27)26(19)15-3-4-15)8-17(22)20(11)25-6-5-13(10-25)12(2)24-21(28)29/h7-8,12-13,15,24H,3-6,9-10,23H2,1-2H3,(H,28,29)/t12-,13+/m0/s1. The van der Waals surface area contributed by atoms with Crippen molar-refractivity contribution in [2.24, 2.45) is 11.7 Å². The van der Waals surface area contributed by atoms with Crippen LogP contribution in [0.1, 0.15) is 43.4 Å². The van der Waals surface area contributed by atoms with Crippen LogP contribution in [0.25, 0.3) is 10.9 Å². The summed E-state index contributed by atoms with van der Waals surface area (Å²) in [5, 5.41) is 12.2. The number of halogens is 1. The van der Waals surface area contributed by atoms with Gasteiger partial charge in [0.15, 0.2) is 0 Å². The first-order chi connectivity index (χ1) is 13.8. The largest absolute Gasteiger partial charge is 0.465 e. The van der Waals surface area contributed by atoms with Gasteiger partial charge in [-0.3, -0.25) is 4.79 Å². The zero-order valence-corrected chi connectivity index (χ0v) is 16.7. The van der Waals surface area contributed by atoms with E-state index in [0.29, 0.717) is 29.7 Å². The maximum absolute atomic E-state index is 15.3. The minimum Gasteiger partial charge on any atom is -0.465 e. The van der Waals surface area contributed by atoms with E-state index in [-0.39, 0.29) is 35.9 Å². The second-order valence-electron chi connectivity index (χ2n) is 8.27. The number of rotatable bonds is 5. The van der Waals surface area contributed by atoms with Crippen molar-refractivity contribution in [2.45, 2.75) is 51.7 Å². The Balaban J connectivity index is 1.79. The number of hydrogen-bond donors (Lipinski definition) is 3.